The summed E-state index contributed by atoms with van der Waals surface area (Å²) in [5.74, 6) is 1.89. The highest BCUT2D eigenvalue weighted by Gasteiger charge is 2.23. The number of benzene rings is 1. The molecule has 1 aromatic carbocycles. The summed E-state index contributed by atoms with van der Waals surface area (Å²) in [5.41, 5.74) is 1.66. The first-order chi connectivity index (χ1) is 12.7. The molecule has 0 aliphatic carbocycles. The number of carbonyl (C=O) groups is 1. The van der Waals surface area contributed by atoms with Gasteiger partial charge in [-0.3, -0.25) is 4.79 Å². The van der Waals surface area contributed by atoms with Gasteiger partial charge in [0.2, 0.25) is 5.95 Å². The number of anilines is 1. The SMILES string of the molecule is COc1ccc(CCNc2nccc(C(=O)N3CCCC(C)C3)n2)cc1. The Morgan fingerprint density at radius 3 is 2.85 bits per heavy atom. The van der Waals surface area contributed by atoms with E-state index in [-0.39, 0.29) is 5.91 Å². The van der Waals surface area contributed by atoms with Crippen molar-refractivity contribution in [3.63, 3.8) is 0 Å². The summed E-state index contributed by atoms with van der Waals surface area (Å²) >= 11 is 0. The molecule has 138 valence electrons. The molecule has 26 heavy (non-hydrogen) atoms. The lowest BCUT2D eigenvalue weighted by Gasteiger charge is -2.30. The first kappa shape index (κ1) is 18.2. The third-order valence-corrected chi connectivity index (χ3v) is 4.67. The average molecular weight is 354 g/mol. The molecule has 1 aliphatic rings. The van der Waals surface area contributed by atoms with E-state index < -0.39 is 0 Å². The summed E-state index contributed by atoms with van der Waals surface area (Å²) in [6, 6.07) is 9.67. The van der Waals surface area contributed by atoms with Gasteiger partial charge in [-0.25, -0.2) is 9.97 Å². The zero-order chi connectivity index (χ0) is 18.4. The summed E-state index contributed by atoms with van der Waals surface area (Å²) < 4.78 is 5.16. The number of nitrogens with zero attached hydrogens (tertiary/aromatic N) is 3. The summed E-state index contributed by atoms with van der Waals surface area (Å²) in [6.07, 6.45) is 4.73. The molecule has 6 nitrogen and oxygen atoms in total. The third-order valence-electron chi connectivity index (χ3n) is 4.67. The topological polar surface area (TPSA) is 67.3 Å². The second-order valence-corrected chi connectivity index (χ2v) is 6.79. The van der Waals surface area contributed by atoms with Crippen LogP contribution in [0.2, 0.25) is 0 Å². The summed E-state index contributed by atoms with van der Waals surface area (Å²) in [6.45, 7) is 4.51. The largest absolute Gasteiger partial charge is 0.497 e. The van der Waals surface area contributed by atoms with Crippen molar-refractivity contribution in [3.05, 3.63) is 47.8 Å². The fourth-order valence-corrected chi connectivity index (χ4v) is 3.21. The molecule has 0 radical (unpaired) electrons. The van der Waals surface area contributed by atoms with Gasteiger partial charge in [0, 0.05) is 25.8 Å². The number of piperidine rings is 1. The minimum absolute atomic E-state index is 0.00263. The minimum Gasteiger partial charge on any atom is -0.497 e. The molecule has 0 saturated carbocycles. The van der Waals surface area contributed by atoms with Crippen molar-refractivity contribution in [1.29, 1.82) is 0 Å². The fourth-order valence-electron chi connectivity index (χ4n) is 3.21. The van der Waals surface area contributed by atoms with Gasteiger partial charge in [0.15, 0.2) is 0 Å². The van der Waals surface area contributed by atoms with Crippen LogP contribution in [-0.2, 0) is 6.42 Å². The number of hydrogen-bond donors (Lipinski definition) is 1. The zero-order valence-electron chi connectivity index (χ0n) is 15.4. The van der Waals surface area contributed by atoms with Crippen molar-refractivity contribution in [2.45, 2.75) is 26.2 Å². The number of amides is 1. The van der Waals surface area contributed by atoms with Crippen LogP contribution in [0.15, 0.2) is 36.5 Å². The van der Waals surface area contributed by atoms with Gasteiger partial charge in [0.1, 0.15) is 11.4 Å². The van der Waals surface area contributed by atoms with Crippen LogP contribution in [0, 0.1) is 5.92 Å². The van der Waals surface area contributed by atoms with Crippen LogP contribution >= 0.6 is 0 Å². The summed E-state index contributed by atoms with van der Waals surface area (Å²) in [4.78, 5) is 23.2. The van der Waals surface area contributed by atoms with E-state index >= 15 is 0 Å². The maximum Gasteiger partial charge on any atom is 0.272 e. The van der Waals surface area contributed by atoms with Gasteiger partial charge in [0.05, 0.1) is 7.11 Å². The molecular weight excluding hydrogens is 328 g/mol. The van der Waals surface area contributed by atoms with E-state index in [1.165, 1.54) is 12.0 Å². The Balaban J connectivity index is 1.55. The van der Waals surface area contributed by atoms with Crippen LogP contribution in [0.25, 0.3) is 0 Å². The Bertz CT molecular complexity index is 733. The van der Waals surface area contributed by atoms with Crippen LogP contribution in [-0.4, -0.2) is 47.5 Å². The molecule has 2 heterocycles. The van der Waals surface area contributed by atoms with E-state index in [0.29, 0.717) is 24.1 Å². The molecule has 1 atom stereocenters. The quantitative estimate of drug-likeness (QED) is 0.864. The molecule has 1 N–H and O–H groups in total. The number of aromatic nitrogens is 2. The summed E-state index contributed by atoms with van der Waals surface area (Å²) in [7, 11) is 1.66. The number of rotatable bonds is 6. The fraction of sp³-hybridized carbons (Fsp3) is 0.450. The number of hydrogen-bond acceptors (Lipinski definition) is 5. The van der Waals surface area contributed by atoms with Crippen molar-refractivity contribution in [3.8, 4) is 5.75 Å². The van der Waals surface area contributed by atoms with Crippen LogP contribution in [0.5, 0.6) is 5.75 Å². The molecule has 1 unspecified atom stereocenters. The molecular formula is C20H26N4O2. The van der Waals surface area contributed by atoms with Gasteiger partial charge < -0.3 is 15.0 Å². The molecule has 0 bridgehead atoms. The standard InChI is InChI=1S/C20H26N4O2/c1-15-4-3-13-24(14-15)19(25)18-10-12-22-20(23-18)21-11-9-16-5-7-17(26-2)8-6-16/h5-8,10,12,15H,3-4,9,11,13-14H2,1-2H3,(H,21,22,23). The lowest BCUT2D eigenvalue weighted by molar-refractivity contribution is 0.0677. The van der Waals surface area contributed by atoms with E-state index in [4.69, 9.17) is 4.74 Å². The van der Waals surface area contributed by atoms with Crippen LogP contribution in [0.3, 0.4) is 0 Å². The first-order valence-electron chi connectivity index (χ1n) is 9.15. The molecule has 1 aliphatic heterocycles. The van der Waals surface area contributed by atoms with Crippen molar-refractivity contribution >= 4 is 11.9 Å². The van der Waals surface area contributed by atoms with Crippen LogP contribution in [0.4, 0.5) is 5.95 Å². The first-order valence-corrected chi connectivity index (χ1v) is 9.15. The van der Waals surface area contributed by atoms with E-state index in [1.54, 1.807) is 19.4 Å². The number of nitrogens with one attached hydrogen (secondary N) is 1. The van der Waals surface area contributed by atoms with Gasteiger partial charge >= 0.3 is 0 Å². The average Bonchev–Trinajstić information content (AvgIpc) is 2.68. The van der Waals surface area contributed by atoms with E-state index in [2.05, 4.69) is 22.2 Å². The predicted molar refractivity (Wildman–Crippen MR) is 102 cm³/mol. The molecule has 1 fully saturated rings. The maximum absolute atomic E-state index is 12.6. The second-order valence-electron chi connectivity index (χ2n) is 6.79. The van der Waals surface area contributed by atoms with E-state index in [0.717, 1.165) is 31.7 Å². The molecule has 1 amide bonds. The van der Waals surface area contributed by atoms with Gasteiger partial charge in [-0.05, 0) is 48.9 Å². The molecule has 3 rings (SSSR count). The maximum atomic E-state index is 12.6. The molecule has 2 aromatic rings. The Morgan fingerprint density at radius 2 is 2.12 bits per heavy atom. The smallest absolute Gasteiger partial charge is 0.272 e. The highest BCUT2D eigenvalue weighted by atomic mass is 16.5. The Hall–Kier alpha value is -2.63. The van der Waals surface area contributed by atoms with Crippen molar-refractivity contribution in [1.82, 2.24) is 14.9 Å². The molecule has 0 spiro atoms. The van der Waals surface area contributed by atoms with Gasteiger partial charge in [0.25, 0.3) is 5.91 Å². The monoisotopic (exact) mass is 354 g/mol. The Morgan fingerprint density at radius 1 is 1.31 bits per heavy atom. The number of methoxy groups -OCH3 is 1. The minimum atomic E-state index is -0.00263. The Kier molecular flexibility index (Phi) is 6.04. The van der Waals surface area contributed by atoms with Gasteiger partial charge in [-0.1, -0.05) is 19.1 Å². The molecule has 1 saturated heterocycles. The predicted octanol–water partition coefficient (Wildman–Crippen LogP) is 3.01. The lowest BCUT2D eigenvalue weighted by Crippen LogP contribution is -2.39. The number of ether oxygens (including phenoxy) is 1. The van der Waals surface area contributed by atoms with Gasteiger partial charge in [-0.15, -0.1) is 0 Å². The zero-order valence-corrected chi connectivity index (χ0v) is 15.4. The van der Waals surface area contributed by atoms with Crippen LogP contribution < -0.4 is 10.1 Å². The molecule has 1 aromatic heterocycles. The normalized spacial score (nSPS) is 17.0. The van der Waals surface area contributed by atoms with Gasteiger partial charge in [-0.2, -0.15) is 0 Å². The number of likely N-dealkylation sites (tertiary alicyclic amines) is 1. The summed E-state index contributed by atoms with van der Waals surface area (Å²) in [5, 5.41) is 3.20. The third kappa shape index (κ3) is 4.71. The number of carbonyl (C=O) groups excluding carboxylic acids is 1. The Labute approximate surface area is 154 Å². The van der Waals surface area contributed by atoms with Crippen molar-refractivity contribution < 1.29 is 9.53 Å². The van der Waals surface area contributed by atoms with E-state index in [1.807, 2.05) is 29.2 Å². The highest BCUT2D eigenvalue weighted by Crippen LogP contribution is 2.17. The van der Waals surface area contributed by atoms with Crippen LogP contribution in [0.1, 0.15) is 35.8 Å². The lowest BCUT2D eigenvalue weighted by atomic mass is 10.00. The second kappa shape index (κ2) is 8.65. The van der Waals surface area contributed by atoms with Crippen molar-refractivity contribution in [2.75, 3.05) is 32.1 Å². The molecule has 6 heteroatoms. The highest BCUT2D eigenvalue weighted by molar-refractivity contribution is 5.92. The van der Waals surface area contributed by atoms with E-state index in [9.17, 15) is 4.79 Å². The van der Waals surface area contributed by atoms with Crippen molar-refractivity contribution in [2.24, 2.45) is 5.92 Å².